The molecule has 1 unspecified atom stereocenters. The fraction of sp³-hybridized carbons (Fsp3) is 0.294. The number of ether oxygens (including phenoxy) is 1. The molecular formula is C17H19N5O4. The molecule has 0 radical (unpaired) electrons. The minimum absolute atomic E-state index is 0.0370. The summed E-state index contributed by atoms with van der Waals surface area (Å²) in [6, 6.07) is 9.03. The number of hydrogen-bond acceptors (Lipinski definition) is 7. The van der Waals surface area contributed by atoms with Crippen molar-refractivity contribution < 1.29 is 14.5 Å². The van der Waals surface area contributed by atoms with Crippen LogP contribution in [0, 0.1) is 10.1 Å². The van der Waals surface area contributed by atoms with Gasteiger partial charge in [0, 0.05) is 30.0 Å². The van der Waals surface area contributed by atoms with Crippen LogP contribution in [-0.2, 0) is 4.74 Å². The highest BCUT2D eigenvalue weighted by Crippen LogP contribution is 2.25. The fourth-order valence-corrected chi connectivity index (χ4v) is 2.82. The van der Waals surface area contributed by atoms with Crippen molar-refractivity contribution in [2.45, 2.75) is 13.0 Å². The number of carbonyl (C=O) groups excluding carboxylic acids is 1. The van der Waals surface area contributed by atoms with Crippen LogP contribution in [0.3, 0.4) is 0 Å². The van der Waals surface area contributed by atoms with E-state index in [9.17, 15) is 14.9 Å². The molecule has 2 aromatic rings. The Bertz CT molecular complexity index is 824. The molecule has 136 valence electrons. The maximum atomic E-state index is 11.6. The number of anilines is 3. The summed E-state index contributed by atoms with van der Waals surface area (Å²) in [5, 5.41) is 13.8. The van der Waals surface area contributed by atoms with Crippen LogP contribution < -0.4 is 16.0 Å². The Hall–Kier alpha value is -3.20. The van der Waals surface area contributed by atoms with Gasteiger partial charge < -0.3 is 20.7 Å². The first-order chi connectivity index (χ1) is 12.5. The largest absolute Gasteiger partial charge is 0.377 e. The number of hydrogen-bond donors (Lipinski definition) is 2. The summed E-state index contributed by atoms with van der Waals surface area (Å²) in [7, 11) is 0. The summed E-state index contributed by atoms with van der Waals surface area (Å²) in [6.07, 6.45) is 1.08. The number of carbonyl (C=O) groups is 1. The molecule has 0 aliphatic carbocycles. The van der Waals surface area contributed by atoms with Gasteiger partial charge in [-0.2, -0.15) is 0 Å². The molecule has 2 heterocycles. The number of amides is 1. The molecule has 1 aliphatic heterocycles. The number of primary amides is 1. The van der Waals surface area contributed by atoms with Crippen LogP contribution in [0.2, 0.25) is 0 Å². The van der Waals surface area contributed by atoms with Gasteiger partial charge in [-0.1, -0.05) is 0 Å². The molecule has 9 nitrogen and oxygen atoms in total. The van der Waals surface area contributed by atoms with Gasteiger partial charge >= 0.3 is 0 Å². The van der Waals surface area contributed by atoms with Gasteiger partial charge in [0.1, 0.15) is 12.0 Å². The second-order valence-electron chi connectivity index (χ2n) is 6.00. The molecule has 1 saturated heterocycles. The average Bonchev–Trinajstić information content (AvgIpc) is 2.63. The predicted molar refractivity (Wildman–Crippen MR) is 96.8 cm³/mol. The molecule has 1 aliphatic rings. The number of benzene rings is 1. The molecule has 1 aromatic heterocycles. The number of aromatic nitrogens is 1. The highest BCUT2D eigenvalue weighted by atomic mass is 16.6. The first-order valence-electron chi connectivity index (χ1n) is 8.11. The van der Waals surface area contributed by atoms with E-state index in [0.29, 0.717) is 24.9 Å². The number of nitrogens with zero attached hydrogens (tertiary/aromatic N) is 3. The number of nitro groups is 1. The number of nitrogens with one attached hydrogen (secondary N) is 1. The van der Waals surface area contributed by atoms with Crippen molar-refractivity contribution >= 4 is 28.8 Å². The Balaban J connectivity index is 1.81. The van der Waals surface area contributed by atoms with Crippen molar-refractivity contribution in [1.29, 1.82) is 0 Å². The highest BCUT2D eigenvalue weighted by Gasteiger charge is 2.19. The van der Waals surface area contributed by atoms with E-state index in [-0.39, 0.29) is 17.1 Å². The first-order valence-corrected chi connectivity index (χ1v) is 8.11. The van der Waals surface area contributed by atoms with Crippen LogP contribution in [0.25, 0.3) is 0 Å². The Morgan fingerprint density at radius 1 is 1.42 bits per heavy atom. The zero-order valence-electron chi connectivity index (χ0n) is 14.2. The monoisotopic (exact) mass is 357 g/mol. The van der Waals surface area contributed by atoms with E-state index in [1.165, 1.54) is 0 Å². The molecule has 1 atom stereocenters. The topological polar surface area (TPSA) is 124 Å². The number of morpholine rings is 1. The molecule has 0 bridgehead atoms. The smallest absolute Gasteiger partial charge is 0.288 e. The van der Waals surface area contributed by atoms with Crippen LogP contribution in [0.4, 0.5) is 22.9 Å². The van der Waals surface area contributed by atoms with Crippen molar-refractivity contribution in [2.24, 2.45) is 5.73 Å². The van der Waals surface area contributed by atoms with Gasteiger partial charge in [0.2, 0.25) is 0 Å². The molecule has 1 aromatic carbocycles. The van der Waals surface area contributed by atoms with E-state index in [0.717, 1.165) is 24.5 Å². The normalized spacial score (nSPS) is 17.0. The van der Waals surface area contributed by atoms with E-state index < -0.39 is 10.8 Å². The Morgan fingerprint density at radius 2 is 2.15 bits per heavy atom. The lowest BCUT2D eigenvalue weighted by Gasteiger charge is -2.35. The van der Waals surface area contributed by atoms with Crippen molar-refractivity contribution in [3.8, 4) is 0 Å². The van der Waals surface area contributed by atoms with Gasteiger partial charge in [-0.05, 0) is 31.2 Å². The maximum absolute atomic E-state index is 11.6. The zero-order chi connectivity index (χ0) is 18.7. The van der Waals surface area contributed by atoms with Gasteiger partial charge in [-0.3, -0.25) is 14.9 Å². The molecule has 3 N–H and O–H groups in total. The van der Waals surface area contributed by atoms with E-state index in [4.69, 9.17) is 10.5 Å². The van der Waals surface area contributed by atoms with Crippen molar-refractivity contribution in [2.75, 3.05) is 30.0 Å². The van der Waals surface area contributed by atoms with Crippen LogP contribution >= 0.6 is 0 Å². The van der Waals surface area contributed by atoms with Crippen molar-refractivity contribution in [1.82, 2.24) is 4.98 Å². The lowest BCUT2D eigenvalue weighted by molar-refractivity contribution is -0.385. The Morgan fingerprint density at radius 3 is 2.77 bits per heavy atom. The first kappa shape index (κ1) is 17.6. The minimum Gasteiger partial charge on any atom is -0.377 e. The third-order valence-corrected chi connectivity index (χ3v) is 4.18. The van der Waals surface area contributed by atoms with E-state index in [2.05, 4.69) is 22.1 Å². The number of pyridine rings is 1. The van der Waals surface area contributed by atoms with E-state index >= 15 is 0 Å². The third-order valence-electron chi connectivity index (χ3n) is 4.18. The van der Waals surface area contributed by atoms with Crippen molar-refractivity contribution in [3.63, 3.8) is 0 Å². The number of nitrogens with two attached hydrogens (primary N) is 1. The summed E-state index contributed by atoms with van der Waals surface area (Å²) in [6.45, 7) is 4.31. The minimum atomic E-state index is -0.789. The second kappa shape index (κ2) is 7.36. The summed E-state index contributed by atoms with van der Waals surface area (Å²) in [5.41, 5.74) is 6.75. The lowest BCUT2D eigenvalue weighted by Crippen LogP contribution is -2.43. The van der Waals surface area contributed by atoms with Crippen LogP contribution in [0.5, 0.6) is 0 Å². The molecule has 3 rings (SSSR count). The molecular weight excluding hydrogens is 338 g/mol. The van der Waals surface area contributed by atoms with Crippen LogP contribution in [-0.4, -0.2) is 41.6 Å². The lowest BCUT2D eigenvalue weighted by atomic mass is 10.2. The fourth-order valence-electron chi connectivity index (χ4n) is 2.82. The SMILES string of the molecule is CC1COCCN1c1ccc(Nc2ncc([N+](=O)[O-])cc2C(N)=O)cc1. The van der Waals surface area contributed by atoms with E-state index in [1.807, 2.05) is 24.3 Å². The summed E-state index contributed by atoms with van der Waals surface area (Å²) in [5.74, 6) is -0.613. The Kier molecular flexibility index (Phi) is 4.99. The zero-order valence-corrected chi connectivity index (χ0v) is 14.2. The van der Waals surface area contributed by atoms with Gasteiger partial charge in [0.15, 0.2) is 0 Å². The van der Waals surface area contributed by atoms with E-state index in [1.54, 1.807) is 0 Å². The van der Waals surface area contributed by atoms with Gasteiger partial charge in [-0.15, -0.1) is 0 Å². The van der Waals surface area contributed by atoms with Gasteiger partial charge in [0.25, 0.3) is 11.6 Å². The summed E-state index contributed by atoms with van der Waals surface area (Å²) < 4.78 is 5.44. The molecule has 1 amide bonds. The van der Waals surface area contributed by atoms with Gasteiger partial charge in [0.05, 0.1) is 23.7 Å². The number of rotatable bonds is 5. The average molecular weight is 357 g/mol. The molecule has 0 saturated carbocycles. The van der Waals surface area contributed by atoms with Crippen LogP contribution in [0.15, 0.2) is 36.5 Å². The second-order valence-corrected chi connectivity index (χ2v) is 6.00. The maximum Gasteiger partial charge on any atom is 0.288 e. The third kappa shape index (κ3) is 3.72. The predicted octanol–water partition coefficient (Wildman–Crippen LogP) is 2.06. The Labute approximate surface area is 149 Å². The molecule has 9 heteroatoms. The van der Waals surface area contributed by atoms with Gasteiger partial charge in [-0.25, -0.2) is 4.98 Å². The summed E-state index contributed by atoms with van der Waals surface area (Å²) >= 11 is 0. The highest BCUT2D eigenvalue weighted by molar-refractivity contribution is 5.98. The molecule has 1 fully saturated rings. The standard InChI is InChI=1S/C17H19N5O4/c1-11-10-26-7-6-21(11)13-4-2-12(3-5-13)20-17-15(16(18)23)8-14(9-19-17)22(24)25/h2-5,8-9,11H,6-7,10H2,1H3,(H2,18,23)(H,19,20). The quantitative estimate of drug-likeness (QED) is 0.620. The molecule has 0 spiro atoms. The van der Waals surface area contributed by atoms with Crippen LogP contribution in [0.1, 0.15) is 17.3 Å². The summed E-state index contributed by atoms with van der Waals surface area (Å²) in [4.78, 5) is 28.0. The molecule has 26 heavy (non-hydrogen) atoms. The van der Waals surface area contributed by atoms with Crippen molar-refractivity contribution in [3.05, 3.63) is 52.2 Å².